The van der Waals surface area contributed by atoms with E-state index in [1.54, 1.807) is 11.3 Å². The summed E-state index contributed by atoms with van der Waals surface area (Å²) < 4.78 is 0. The van der Waals surface area contributed by atoms with Crippen LogP contribution in [-0.2, 0) is 11.2 Å². The highest BCUT2D eigenvalue weighted by Gasteiger charge is 2.32. The Morgan fingerprint density at radius 3 is 2.76 bits per heavy atom. The first-order valence-corrected chi connectivity index (χ1v) is 7.11. The third kappa shape index (κ3) is 3.30. The number of carbonyl (C=O) groups is 1. The van der Waals surface area contributed by atoms with Crippen LogP contribution in [0.25, 0.3) is 0 Å². The molecule has 0 radical (unpaired) electrons. The third-order valence-electron chi connectivity index (χ3n) is 3.46. The van der Waals surface area contributed by atoms with E-state index in [0.29, 0.717) is 6.42 Å². The minimum Gasteiger partial charge on any atom is -0.394 e. The largest absolute Gasteiger partial charge is 0.394 e. The number of thiophene rings is 1. The minimum absolute atomic E-state index is 0.0272. The molecule has 2 rings (SSSR count). The zero-order valence-electron chi connectivity index (χ0n) is 9.95. The first-order valence-electron chi connectivity index (χ1n) is 6.17. The molecule has 0 aromatic carbocycles. The molecule has 17 heavy (non-hydrogen) atoms. The topological polar surface area (TPSA) is 49.3 Å². The van der Waals surface area contributed by atoms with Crippen LogP contribution in [0.5, 0.6) is 0 Å². The fourth-order valence-corrected chi connectivity index (χ4v) is 3.14. The first-order chi connectivity index (χ1) is 8.24. The van der Waals surface area contributed by atoms with Crippen LogP contribution in [0.1, 0.15) is 37.7 Å². The Labute approximate surface area is 106 Å². The van der Waals surface area contributed by atoms with Crippen molar-refractivity contribution in [2.24, 2.45) is 0 Å². The lowest BCUT2D eigenvalue weighted by Crippen LogP contribution is -2.52. The van der Waals surface area contributed by atoms with Crippen LogP contribution in [0.2, 0.25) is 0 Å². The summed E-state index contributed by atoms with van der Waals surface area (Å²) in [6.07, 6.45) is 5.63. The van der Waals surface area contributed by atoms with Gasteiger partial charge in [0, 0.05) is 0 Å². The van der Waals surface area contributed by atoms with Gasteiger partial charge in [0.2, 0.25) is 5.91 Å². The summed E-state index contributed by atoms with van der Waals surface area (Å²) in [6, 6.07) is 1.97. The van der Waals surface area contributed by atoms with Gasteiger partial charge < -0.3 is 10.4 Å². The van der Waals surface area contributed by atoms with E-state index in [2.05, 4.69) is 5.32 Å². The molecule has 0 spiro atoms. The number of carbonyl (C=O) groups excluding carboxylic acids is 1. The lowest BCUT2D eigenvalue weighted by Gasteiger charge is -2.36. The van der Waals surface area contributed by atoms with Crippen molar-refractivity contribution in [2.75, 3.05) is 6.61 Å². The minimum atomic E-state index is -0.356. The summed E-state index contributed by atoms with van der Waals surface area (Å²) in [7, 11) is 0. The van der Waals surface area contributed by atoms with Gasteiger partial charge in [-0.05, 0) is 35.2 Å². The number of aliphatic hydroxyl groups excluding tert-OH is 1. The van der Waals surface area contributed by atoms with Gasteiger partial charge in [-0.2, -0.15) is 11.3 Å². The van der Waals surface area contributed by atoms with E-state index >= 15 is 0 Å². The number of aliphatic hydroxyl groups is 1. The Balaban J connectivity index is 1.91. The quantitative estimate of drug-likeness (QED) is 0.863. The van der Waals surface area contributed by atoms with E-state index in [4.69, 9.17) is 0 Å². The Morgan fingerprint density at radius 2 is 2.18 bits per heavy atom. The molecule has 1 saturated carbocycles. The van der Waals surface area contributed by atoms with Crippen molar-refractivity contribution in [1.29, 1.82) is 0 Å². The van der Waals surface area contributed by atoms with Gasteiger partial charge in [-0.1, -0.05) is 19.3 Å². The van der Waals surface area contributed by atoms with E-state index in [9.17, 15) is 9.90 Å². The van der Waals surface area contributed by atoms with Crippen LogP contribution in [0, 0.1) is 0 Å². The molecule has 1 aromatic heterocycles. The molecule has 0 bridgehead atoms. The molecular weight excluding hydrogens is 234 g/mol. The maximum atomic E-state index is 11.9. The van der Waals surface area contributed by atoms with E-state index in [0.717, 1.165) is 31.2 Å². The van der Waals surface area contributed by atoms with E-state index in [-0.39, 0.29) is 18.1 Å². The van der Waals surface area contributed by atoms with Gasteiger partial charge in [0.25, 0.3) is 0 Å². The second-order valence-corrected chi connectivity index (χ2v) is 5.64. The number of amides is 1. The third-order valence-corrected chi connectivity index (χ3v) is 4.19. The average molecular weight is 253 g/mol. The van der Waals surface area contributed by atoms with Crippen LogP contribution >= 0.6 is 11.3 Å². The van der Waals surface area contributed by atoms with Crippen molar-refractivity contribution in [1.82, 2.24) is 5.32 Å². The highest BCUT2D eigenvalue weighted by molar-refractivity contribution is 7.07. The molecule has 2 N–H and O–H groups in total. The number of rotatable bonds is 4. The molecule has 1 aliphatic carbocycles. The van der Waals surface area contributed by atoms with Gasteiger partial charge >= 0.3 is 0 Å². The second-order valence-electron chi connectivity index (χ2n) is 4.86. The molecule has 1 heterocycles. The molecule has 3 nitrogen and oxygen atoms in total. The molecule has 0 aliphatic heterocycles. The number of nitrogens with one attached hydrogen (secondary N) is 1. The highest BCUT2D eigenvalue weighted by Crippen LogP contribution is 2.27. The fourth-order valence-electron chi connectivity index (χ4n) is 2.47. The number of hydrogen-bond acceptors (Lipinski definition) is 3. The van der Waals surface area contributed by atoms with Crippen LogP contribution in [-0.4, -0.2) is 23.2 Å². The van der Waals surface area contributed by atoms with E-state index in [1.807, 2.05) is 16.8 Å². The molecule has 94 valence electrons. The lowest BCUT2D eigenvalue weighted by molar-refractivity contribution is -0.123. The predicted molar refractivity (Wildman–Crippen MR) is 69.1 cm³/mol. The van der Waals surface area contributed by atoms with Gasteiger partial charge in [-0.3, -0.25) is 4.79 Å². The van der Waals surface area contributed by atoms with Crippen LogP contribution in [0.3, 0.4) is 0 Å². The van der Waals surface area contributed by atoms with Crippen molar-refractivity contribution in [3.63, 3.8) is 0 Å². The summed E-state index contributed by atoms with van der Waals surface area (Å²) in [4.78, 5) is 11.9. The molecular formula is C13H19NO2S. The van der Waals surface area contributed by atoms with Crippen LogP contribution in [0.15, 0.2) is 16.8 Å². The SMILES string of the molecule is O=C(Cc1ccsc1)NC1(CO)CCCCC1. The molecule has 0 atom stereocenters. The van der Waals surface area contributed by atoms with E-state index < -0.39 is 0 Å². The molecule has 1 aromatic rings. The molecule has 4 heteroatoms. The Hall–Kier alpha value is -0.870. The molecule has 0 unspecified atom stereocenters. The zero-order valence-corrected chi connectivity index (χ0v) is 10.8. The Kier molecular flexibility index (Phi) is 4.18. The normalized spacial score (nSPS) is 18.9. The van der Waals surface area contributed by atoms with Crippen molar-refractivity contribution in [2.45, 2.75) is 44.1 Å². The standard InChI is InChI=1S/C13H19NO2S/c15-10-13(5-2-1-3-6-13)14-12(16)8-11-4-7-17-9-11/h4,7,9,15H,1-3,5-6,8,10H2,(H,14,16). The van der Waals surface area contributed by atoms with Crippen molar-refractivity contribution < 1.29 is 9.90 Å². The predicted octanol–water partition coefficient (Wildman–Crippen LogP) is 2.10. The van der Waals surface area contributed by atoms with Crippen LogP contribution in [0.4, 0.5) is 0 Å². The lowest BCUT2D eigenvalue weighted by atomic mass is 9.82. The van der Waals surface area contributed by atoms with Crippen LogP contribution < -0.4 is 5.32 Å². The summed E-state index contributed by atoms with van der Waals surface area (Å²) in [5, 5.41) is 16.5. The van der Waals surface area contributed by atoms with Gasteiger partial charge in [0.15, 0.2) is 0 Å². The fraction of sp³-hybridized carbons (Fsp3) is 0.615. The monoisotopic (exact) mass is 253 g/mol. The zero-order chi connectivity index (χ0) is 12.1. The van der Waals surface area contributed by atoms with Gasteiger partial charge in [-0.25, -0.2) is 0 Å². The Morgan fingerprint density at radius 1 is 1.41 bits per heavy atom. The van der Waals surface area contributed by atoms with Gasteiger partial charge in [0.1, 0.15) is 0 Å². The van der Waals surface area contributed by atoms with Crippen molar-refractivity contribution in [3.8, 4) is 0 Å². The van der Waals surface area contributed by atoms with Gasteiger partial charge in [0.05, 0.1) is 18.6 Å². The first kappa shape index (κ1) is 12.6. The summed E-state index contributed by atoms with van der Waals surface area (Å²) in [5.41, 5.74) is 0.696. The summed E-state index contributed by atoms with van der Waals surface area (Å²) in [6.45, 7) is 0.0579. The molecule has 1 fully saturated rings. The smallest absolute Gasteiger partial charge is 0.224 e. The van der Waals surface area contributed by atoms with Crippen molar-refractivity contribution in [3.05, 3.63) is 22.4 Å². The average Bonchev–Trinajstić information content (AvgIpc) is 2.83. The summed E-state index contributed by atoms with van der Waals surface area (Å²) in [5.74, 6) is 0.0272. The highest BCUT2D eigenvalue weighted by atomic mass is 32.1. The maximum Gasteiger partial charge on any atom is 0.224 e. The van der Waals surface area contributed by atoms with Crippen molar-refractivity contribution >= 4 is 17.2 Å². The van der Waals surface area contributed by atoms with E-state index in [1.165, 1.54) is 6.42 Å². The number of hydrogen-bond donors (Lipinski definition) is 2. The second kappa shape index (κ2) is 5.65. The summed E-state index contributed by atoms with van der Waals surface area (Å²) >= 11 is 1.60. The molecule has 1 aliphatic rings. The molecule has 1 amide bonds. The Bertz CT molecular complexity index is 356. The molecule has 0 saturated heterocycles. The van der Waals surface area contributed by atoms with Gasteiger partial charge in [-0.15, -0.1) is 0 Å². The maximum absolute atomic E-state index is 11.9.